The fourth-order valence-electron chi connectivity index (χ4n) is 2.96. The summed E-state index contributed by atoms with van der Waals surface area (Å²) < 4.78 is 34.5. The number of sulfone groups is 1. The van der Waals surface area contributed by atoms with E-state index in [1.54, 1.807) is 48.5 Å². The largest absolute Gasteiger partial charge is 0.462 e. The summed E-state index contributed by atoms with van der Waals surface area (Å²) in [4.78, 5) is 24.8. The molecule has 0 radical (unpaired) electrons. The van der Waals surface area contributed by atoms with Gasteiger partial charge in [0.1, 0.15) is 5.58 Å². The van der Waals surface area contributed by atoms with E-state index >= 15 is 0 Å². The van der Waals surface area contributed by atoms with E-state index < -0.39 is 21.7 Å². The van der Waals surface area contributed by atoms with E-state index in [1.165, 1.54) is 0 Å². The first-order valence-corrected chi connectivity index (χ1v) is 11.6. The van der Waals surface area contributed by atoms with Gasteiger partial charge in [0.15, 0.2) is 15.6 Å². The van der Waals surface area contributed by atoms with Gasteiger partial charge in [0, 0.05) is 22.9 Å². The molecule has 1 heterocycles. The summed E-state index contributed by atoms with van der Waals surface area (Å²) in [5.41, 5.74) is 1.58. The van der Waals surface area contributed by atoms with E-state index in [4.69, 9.17) is 9.15 Å². The Morgan fingerprint density at radius 2 is 1.77 bits per heavy atom. The fraction of sp³-hybridized carbons (Fsp3) is 0.273. The molecule has 0 spiro atoms. The predicted molar refractivity (Wildman–Crippen MR) is 114 cm³/mol. The Bertz CT molecular complexity index is 1160. The molecule has 0 saturated carbocycles. The van der Waals surface area contributed by atoms with Crippen molar-refractivity contribution in [3.63, 3.8) is 0 Å². The van der Waals surface area contributed by atoms with Gasteiger partial charge in [-0.15, -0.1) is 0 Å². The van der Waals surface area contributed by atoms with Gasteiger partial charge in [-0.1, -0.05) is 31.5 Å². The molecule has 0 aliphatic heterocycles. The van der Waals surface area contributed by atoms with Crippen LogP contribution in [0.2, 0.25) is 0 Å². The lowest BCUT2D eigenvalue weighted by molar-refractivity contribution is 0.0499. The second-order valence-corrected chi connectivity index (χ2v) is 9.14. The number of unbranched alkanes of at least 4 members (excludes halogenated alkanes) is 1. The topological polar surface area (TPSA) is 103 Å². The second-order valence-electron chi connectivity index (χ2n) is 7.00. The molecule has 0 aliphatic carbocycles. The van der Waals surface area contributed by atoms with Gasteiger partial charge in [-0.25, -0.2) is 13.2 Å². The second kappa shape index (κ2) is 9.13. The normalized spacial score (nSPS) is 11.4. The number of amides is 1. The lowest BCUT2D eigenvalue weighted by atomic mass is 10.1. The highest BCUT2D eigenvalue weighted by molar-refractivity contribution is 7.89. The molecule has 30 heavy (non-hydrogen) atoms. The molecule has 7 nitrogen and oxygen atoms in total. The summed E-state index contributed by atoms with van der Waals surface area (Å²) >= 11 is 0. The van der Waals surface area contributed by atoms with Crippen molar-refractivity contribution in [3.8, 4) is 0 Å². The number of ether oxygens (including phenoxy) is 1. The maximum absolute atomic E-state index is 12.8. The predicted octanol–water partition coefficient (Wildman–Crippen LogP) is 4.19. The Morgan fingerprint density at radius 1 is 1.07 bits per heavy atom. The number of anilines is 1. The number of hydrogen-bond acceptors (Lipinski definition) is 6. The van der Waals surface area contributed by atoms with Crippen molar-refractivity contribution >= 4 is 38.4 Å². The molecular weight excluding hydrogens is 406 g/mol. The van der Waals surface area contributed by atoms with Crippen molar-refractivity contribution < 1.29 is 27.2 Å². The minimum absolute atomic E-state index is 0.0512. The van der Waals surface area contributed by atoms with Crippen molar-refractivity contribution in [2.45, 2.75) is 25.5 Å². The average molecular weight is 429 g/mol. The molecule has 0 bridgehead atoms. The van der Waals surface area contributed by atoms with Crippen LogP contribution >= 0.6 is 0 Å². The Hall–Kier alpha value is -3.13. The quantitative estimate of drug-likeness (QED) is 0.425. The van der Waals surface area contributed by atoms with Gasteiger partial charge in [-0.05, 0) is 36.8 Å². The maximum Gasteiger partial charge on any atom is 0.338 e. The van der Waals surface area contributed by atoms with Crippen LogP contribution in [-0.2, 0) is 20.3 Å². The molecule has 3 rings (SSSR count). The summed E-state index contributed by atoms with van der Waals surface area (Å²) in [5, 5.41) is 3.27. The number of carbonyl (C=O) groups is 2. The zero-order valence-electron chi connectivity index (χ0n) is 16.8. The van der Waals surface area contributed by atoms with Gasteiger partial charge in [-0.2, -0.15) is 0 Å². The number of para-hydroxylation sites is 1. The van der Waals surface area contributed by atoms with Crippen LogP contribution in [0.4, 0.5) is 5.69 Å². The summed E-state index contributed by atoms with van der Waals surface area (Å²) in [6.07, 6.45) is 2.84. The van der Waals surface area contributed by atoms with Crippen LogP contribution in [0.3, 0.4) is 0 Å². The highest BCUT2D eigenvalue weighted by Crippen LogP contribution is 2.28. The standard InChI is InChI=1S/C22H23NO6S/c1-3-4-13-28-22(25)15-9-11-16(12-10-15)23-21(24)20-18(14-30(2,26)27)17-7-5-6-8-19(17)29-20/h5-12H,3-4,13-14H2,1-2H3,(H,23,24). The molecule has 158 valence electrons. The highest BCUT2D eigenvalue weighted by atomic mass is 32.2. The number of fused-ring (bicyclic) bond motifs is 1. The number of nitrogens with one attached hydrogen (secondary N) is 1. The third-order valence-electron chi connectivity index (χ3n) is 4.42. The van der Waals surface area contributed by atoms with E-state index in [2.05, 4.69) is 5.32 Å². The Balaban J connectivity index is 1.80. The number of furan rings is 1. The third kappa shape index (κ3) is 5.27. The molecule has 0 aliphatic rings. The van der Waals surface area contributed by atoms with Gasteiger partial charge in [-0.3, -0.25) is 4.79 Å². The Labute approximate surface area is 174 Å². The molecule has 3 aromatic rings. The summed E-state index contributed by atoms with van der Waals surface area (Å²) in [6, 6.07) is 13.2. The van der Waals surface area contributed by atoms with Crippen LogP contribution < -0.4 is 5.32 Å². The van der Waals surface area contributed by atoms with Crippen LogP contribution in [0, 0.1) is 0 Å². The zero-order chi connectivity index (χ0) is 21.7. The number of benzene rings is 2. The number of carbonyl (C=O) groups excluding carboxylic acids is 2. The molecule has 1 N–H and O–H groups in total. The van der Waals surface area contributed by atoms with Gasteiger partial charge in [0.2, 0.25) is 0 Å². The van der Waals surface area contributed by atoms with E-state index in [0.29, 0.717) is 34.4 Å². The minimum Gasteiger partial charge on any atom is -0.462 e. The lowest BCUT2D eigenvalue weighted by Gasteiger charge is -2.07. The fourth-order valence-corrected chi connectivity index (χ4v) is 3.77. The third-order valence-corrected chi connectivity index (χ3v) is 5.23. The number of hydrogen-bond donors (Lipinski definition) is 1. The summed E-state index contributed by atoms with van der Waals surface area (Å²) in [5.74, 6) is -1.35. The van der Waals surface area contributed by atoms with Crippen LogP contribution in [-0.4, -0.2) is 33.2 Å². The monoisotopic (exact) mass is 429 g/mol. The van der Waals surface area contributed by atoms with Crippen molar-refractivity contribution in [3.05, 3.63) is 65.4 Å². The van der Waals surface area contributed by atoms with Crippen LogP contribution in [0.15, 0.2) is 52.9 Å². The molecule has 0 fully saturated rings. The van der Waals surface area contributed by atoms with E-state index in [1.807, 2.05) is 6.92 Å². The number of esters is 1. The molecular formula is C22H23NO6S. The average Bonchev–Trinajstić information content (AvgIpc) is 3.06. The molecule has 0 saturated heterocycles. The first-order chi connectivity index (χ1) is 14.3. The highest BCUT2D eigenvalue weighted by Gasteiger charge is 2.23. The summed E-state index contributed by atoms with van der Waals surface area (Å²) in [7, 11) is -3.38. The SMILES string of the molecule is CCCCOC(=O)c1ccc(NC(=O)c2oc3ccccc3c2CS(C)(=O)=O)cc1. The molecule has 1 amide bonds. The minimum atomic E-state index is -3.38. The van der Waals surface area contributed by atoms with E-state index in [-0.39, 0.29) is 11.5 Å². The summed E-state index contributed by atoms with van der Waals surface area (Å²) in [6.45, 7) is 2.37. The van der Waals surface area contributed by atoms with Gasteiger partial charge in [0.05, 0.1) is 17.9 Å². The van der Waals surface area contributed by atoms with Crippen molar-refractivity contribution in [1.82, 2.24) is 0 Å². The Morgan fingerprint density at radius 3 is 2.43 bits per heavy atom. The van der Waals surface area contributed by atoms with E-state index in [0.717, 1.165) is 19.1 Å². The molecule has 2 aromatic carbocycles. The first-order valence-electron chi connectivity index (χ1n) is 9.55. The van der Waals surface area contributed by atoms with Gasteiger partial charge < -0.3 is 14.5 Å². The molecule has 1 aromatic heterocycles. The smallest absolute Gasteiger partial charge is 0.338 e. The van der Waals surface area contributed by atoms with Crippen molar-refractivity contribution in [2.24, 2.45) is 0 Å². The van der Waals surface area contributed by atoms with Crippen LogP contribution in [0.1, 0.15) is 46.2 Å². The molecule has 0 atom stereocenters. The molecule has 8 heteroatoms. The van der Waals surface area contributed by atoms with Crippen molar-refractivity contribution in [2.75, 3.05) is 18.2 Å². The van der Waals surface area contributed by atoms with Gasteiger partial charge in [0.25, 0.3) is 5.91 Å². The Kier molecular flexibility index (Phi) is 6.56. The zero-order valence-corrected chi connectivity index (χ0v) is 17.6. The first kappa shape index (κ1) is 21.6. The van der Waals surface area contributed by atoms with Crippen molar-refractivity contribution in [1.29, 1.82) is 0 Å². The molecule has 0 unspecified atom stereocenters. The lowest BCUT2D eigenvalue weighted by Crippen LogP contribution is -2.14. The maximum atomic E-state index is 12.8. The van der Waals surface area contributed by atoms with Gasteiger partial charge >= 0.3 is 5.97 Å². The van der Waals surface area contributed by atoms with Crippen LogP contribution in [0.5, 0.6) is 0 Å². The van der Waals surface area contributed by atoms with Crippen LogP contribution in [0.25, 0.3) is 11.0 Å². The van der Waals surface area contributed by atoms with E-state index in [9.17, 15) is 18.0 Å². The number of rotatable bonds is 8.